The van der Waals surface area contributed by atoms with Gasteiger partial charge in [0.2, 0.25) is 0 Å². The fraction of sp³-hybridized carbons (Fsp3) is 1.00. The molecule has 0 aromatic carbocycles. The van der Waals surface area contributed by atoms with Crippen LogP contribution in [0.25, 0.3) is 0 Å². The summed E-state index contributed by atoms with van der Waals surface area (Å²) < 4.78 is 17.8. The summed E-state index contributed by atoms with van der Waals surface area (Å²) in [6.45, 7) is 11.7. The normalized spacial score (nSPS) is 12.8. The van der Waals surface area contributed by atoms with Crippen LogP contribution in [0.3, 0.4) is 0 Å². The van der Waals surface area contributed by atoms with E-state index in [9.17, 15) is 4.57 Å². The molecule has 0 aliphatic heterocycles. The monoisotopic (exact) mass is 302 g/mol. The highest BCUT2D eigenvalue weighted by molar-refractivity contribution is 7.25. The van der Waals surface area contributed by atoms with Gasteiger partial charge in [-0.25, -0.2) is 0 Å². The van der Waals surface area contributed by atoms with Crippen molar-refractivity contribution in [3.05, 3.63) is 0 Å². The van der Waals surface area contributed by atoms with Crippen LogP contribution in [0, 0.1) is 11.8 Å². The second kappa shape index (κ2) is 11.7. The molecule has 0 saturated carbocycles. The Morgan fingerprint density at radius 1 is 0.900 bits per heavy atom. The first-order chi connectivity index (χ1) is 9.45. The molecule has 0 aliphatic carbocycles. The van der Waals surface area contributed by atoms with E-state index in [4.69, 9.17) is 4.74 Å². The Labute approximate surface area is 128 Å². The van der Waals surface area contributed by atoms with Crippen molar-refractivity contribution in [2.24, 2.45) is 11.8 Å². The molecule has 0 radical (unpaired) electrons. The number of ether oxygens (including phenoxy) is 1. The number of hydrogen-bond donors (Lipinski definition) is 0. The van der Waals surface area contributed by atoms with Gasteiger partial charge in [-0.1, -0.05) is 66.7 Å². The highest BCUT2D eigenvalue weighted by atomic mass is 31.1. The van der Waals surface area contributed by atoms with Gasteiger partial charge < -0.3 is 4.74 Å². The standard InChI is InChI=1S/C17H35O2P/c1-6-7-8-9-10-11-12-19-17(20-18,13-15(2)3)14-16(4)5/h15-16H,6-14H2,1-5H3. The second-order valence-electron chi connectivity index (χ2n) is 6.85. The van der Waals surface area contributed by atoms with E-state index < -0.39 is 5.34 Å². The average molecular weight is 302 g/mol. The summed E-state index contributed by atoms with van der Waals surface area (Å²) >= 11 is 0. The lowest BCUT2D eigenvalue weighted by Gasteiger charge is -2.30. The van der Waals surface area contributed by atoms with Gasteiger partial charge in [0.15, 0.2) is 8.46 Å². The van der Waals surface area contributed by atoms with Gasteiger partial charge in [0.25, 0.3) is 0 Å². The Bertz CT molecular complexity index is 229. The van der Waals surface area contributed by atoms with Crippen molar-refractivity contribution >= 4 is 8.46 Å². The van der Waals surface area contributed by atoms with E-state index in [1.165, 1.54) is 32.1 Å². The highest BCUT2D eigenvalue weighted by Gasteiger charge is 2.33. The number of unbranched alkanes of at least 4 members (excludes halogenated alkanes) is 5. The fourth-order valence-electron chi connectivity index (χ4n) is 2.72. The Balaban J connectivity index is 4.11. The Kier molecular flexibility index (Phi) is 11.7. The van der Waals surface area contributed by atoms with Crippen molar-refractivity contribution in [1.82, 2.24) is 0 Å². The van der Waals surface area contributed by atoms with E-state index in [0.717, 1.165) is 25.9 Å². The summed E-state index contributed by atoms with van der Waals surface area (Å²) in [6, 6.07) is 0. The quantitative estimate of drug-likeness (QED) is 0.289. The minimum atomic E-state index is -0.453. The summed E-state index contributed by atoms with van der Waals surface area (Å²) in [4.78, 5) is 0. The van der Waals surface area contributed by atoms with Gasteiger partial charge in [-0.2, -0.15) is 0 Å². The zero-order valence-electron chi connectivity index (χ0n) is 14.3. The molecule has 0 rings (SSSR count). The molecule has 120 valence electrons. The van der Waals surface area contributed by atoms with E-state index in [1.54, 1.807) is 0 Å². The molecule has 0 aliphatic rings. The fourth-order valence-corrected chi connectivity index (χ4v) is 3.75. The molecule has 0 bridgehead atoms. The summed E-state index contributed by atoms with van der Waals surface area (Å²) in [6.07, 6.45) is 9.35. The molecule has 0 N–H and O–H groups in total. The summed E-state index contributed by atoms with van der Waals surface area (Å²) in [5.41, 5.74) is 0. The lowest BCUT2D eigenvalue weighted by atomic mass is 9.97. The van der Waals surface area contributed by atoms with Gasteiger partial charge in [0.05, 0.1) is 0 Å². The SMILES string of the molecule is CCCCCCCCOC(CC(C)C)(CC(C)C)P=O. The van der Waals surface area contributed by atoms with Crippen molar-refractivity contribution in [3.8, 4) is 0 Å². The Hall–Kier alpha value is 0.0600. The molecule has 0 amide bonds. The summed E-state index contributed by atoms with van der Waals surface area (Å²) in [5, 5.41) is -0.453. The Morgan fingerprint density at radius 3 is 1.85 bits per heavy atom. The average Bonchev–Trinajstić information content (AvgIpc) is 2.36. The van der Waals surface area contributed by atoms with Crippen molar-refractivity contribution in [1.29, 1.82) is 0 Å². The van der Waals surface area contributed by atoms with E-state index in [-0.39, 0.29) is 8.46 Å². The van der Waals surface area contributed by atoms with Gasteiger partial charge >= 0.3 is 0 Å². The molecule has 0 unspecified atom stereocenters. The molecule has 0 heterocycles. The van der Waals surface area contributed by atoms with Crippen molar-refractivity contribution < 1.29 is 9.30 Å². The first kappa shape index (κ1) is 20.1. The van der Waals surface area contributed by atoms with Crippen LogP contribution in [-0.2, 0) is 9.30 Å². The van der Waals surface area contributed by atoms with Gasteiger partial charge in [-0.3, -0.25) is 4.57 Å². The zero-order valence-corrected chi connectivity index (χ0v) is 15.2. The van der Waals surface area contributed by atoms with Crippen LogP contribution in [0.15, 0.2) is 0 Å². The maximum atomic E-state index is 11.7. The van der Waals surface area contributed by atoms with Gasteiger partial charge in [-0.05, 0) is 31.1 Å². The van der Waals surface area contributed by atoms with Crippen molar-refractivity contribution in [2.45, 2.75) is 91.3 Å². The summed E-state index contributed by atoms with van der Waals surface area (Å²) in [7, 11) is 0.159. The minimum absolute atomic E-state index is 0.159. The van der Waals surface area contributed by atoms with Crippen molar-refractivity contribution in [2.75, 3.05) is 6.61 Å². The largest absolute Gasteiger partial charge is 0.363 e. The van der Waals surface area contributed by atoms with Crippen LogP contribution in [-0.4, -0.2) is 11.9 Å². The lowest BCUT2D eigenvalue weighted by molar-refractivity contribution is -0.00858. The number of rotatable bonds is 13. The molecule has 20 heavy (non-hydrogen) atoms. The maximum Gasteiger partial charge on any atom is 0.190 e. The second-order valence-corrected chi connectivity index (χ2v) is 7.85. The van der Waals surface area contributed by atoms with E-state index in [2.05, 4.69) is 34.6 Å². The van der Waals surface area contributed by atoms with Gasteiger partial charge in [0, 0.05) is 6.61 Å². The molecule has 0 aromatic heterocycles. The lowest BCUT2D eigenvalue weighted by Crippen LogP contribution is -2.30. The number of hydrogen-bond acceptors (Lipinski definition) is 2. The van der Waals surface area contributed by atoms with Gasteiger partial charge in [-0.15, -0.1) is 0 Å². The first-order valence-electron chi connectivity index (χ1n) is 8.44. The predicted octanol–water partition coefficient (Wildman–Crippen LogP) is 6.44. The first-order valence-corrected chi connectivity index (χ1v) is 9.25. The van der Waals surface area contributed by atoms with Crippen LogP contribution in [0.4, 0.5) is 0 Å². The van der Waals surface area contributed by atoms with E-state index in [1.807, 2.05) is 0 Å². The van der Waals surface area contributed by atoms with Crippen LogP contribution in [0.1, 0.15) is 86.0 Å². The Morgan fingerprint density at radius 2 is 1.40 bits per heavy atom. The van der Waals surface area contributed by atoms with Crippen LogP contribution in [0.5, 0.6) is 0 Å². The molecule has 2 nitrogen and oxygen atoms in total. The molecule has 0 atom stereocenters. The molecule has 0 aromatic rings. The highest BCUT2D eigenvalue weighted by Crippen LogP contribution is 2.38. The van der Waals surface area contributed by atoms with Crippen LogP contribution >= 0.6 is 8.46 Å². The molecule has 0 fully saturated rings. The zero-order chi connectivity index (χ0) is 15.4. The predicted molar refractivity (Wildman–Crippen MR) is 88.6 cm³/mol. The third-order valence-electron chi connectivity index (χ3n) is 3.49. The molecule has 0 saturated heterocycles. The van der Waals surface area contributed by atoms with Crippen molar-refractivity contribution in [3.63, 3.8) is 0 Å². The van der Waals surface area contributed by atoms with Gasteiger partial charge in [0.1, 0.15) is 5.34 Å². The van der Waals surface area contributed by atoms with E-state index in [0.29, 0.717) is 11.8 Å². The smallest absolute Gasteiger partial charge is 0.190 e. The molecular weight excluding hydrogens is 267 g/mol. The molecule has 0 spiro atoms. The molecule has 3 heteroatoms. The van der Waals surface area contributed by atoms with Crippen LogP contribution < -0.4 is 0 Å². The molecular formula is C17H35O2P. The maximum absolute atomic E-state index is 11.7. The minimum Gasteiger partial charge on any atom is -0.363 e. The topological polar surface area (TPSA) is 26.3 Å². The third-order valence-corrected chi connectivity index (χ3v) is 4.32. The third kappa shape index (κ3) is 9.88. The summed E-state index contributed by atoms with van der Waals surface area (Å²) in [5.74, 6) is 1.03. The van der Waals surface area contributed by atoms with Crippen LogP contribution in [0.2, 0.25) is 0 Å². The van der Waals surface area contributed by atoms with E-state index >= 15 is 0 Å².